The van der Waals surface area contributed by atoms with Gasteiger partial charge in [0.25, 0.3) is 0 Å². The number of rotatable bonds is 2. The van der Waals surface area contributed by atoms with Crippen LogP contribution in [-0.2, 0) is 10.3 Å². The maximum atomic E-state index is 10.2. The Morgan fingerprint density at radius 2 is 2.08 bits per heavy atom. The second-order valence-corrected chi connectivity index (χ2v) is 3.62. The van der Waals surface area contributed by atoms with Crippen LogP contribution in [0.1, 0.15) is 18.4 Å². The van der Waals surface area contributed by atoms with E-state index in [0.29, 0.717) is 5.02 Å². The molecule has 0 spiro atoms. The molecule has 0 amide bonds. The van der Waals surface area contributed by atoms with Crippen molar-refractivity contribution < 1.29 is 4.79 Å². The van der Waals surface area contributed by atoms with Crippen LogP contribution in [0.5, 0.6) is 0 Å². The Morgan fingerprint density at radius 1 is 1.38 bits per heavy atom. The lowest BCUT2D eigenvalue weighted by molar-refractivity contribution is 0.556. The summed E-state index contributed by atoms with van der Waals surface area (Å²) in [4.78, 5) is 14.0. The van der Waals surface area contributed by atoms with Gasteiger partial charge in [0.1, 0.15) is 0 Å². The number of hydrogen-bond acceptors (Lipinski definition) is 2. The summed E-state index contributed by atoms with van der Waals surface area (Å²) in [6, 6.07) is 7.50. The van der Waals surface area contributed by atoms with Gasteiger partial charge in [-0.25, -0.2) is 4.79 Å². The molecule has 2 rings (SSSR count). The van der Waals surface area contributed by atoms with Gasteiger partial charge in [-0.15, -0.1) is 0 Å². The third-order valence-corrected chi connectivity index (χ3v) is 2.69. The molecule has 1 aliphatic carbocycles. The Hall–Kier alpha value is -1.11. The van der Waals surface area contributed by atoms with Crippen LogP contribution in [0.4, 0.5) is 0 Å². The van der Waals surface area contributed by atoms with Gasteiger partial charge in [0.05, 0.1) is 5.54 Å². The predicted molar refractivity (Wildman–Crippen MR) is 50.5 cm³/mol. The van der Waals surface area contributed by atoms with E-state index < -0.39 is 0 Å². The monoisotopic (exact) mass is 193 g/mol. The van der Waals surface area contributed by atoms with Crippen LogP contribution in [0, 0.1) is 0 Å². The molecule has 1 saturated carbocycles. The summed E-state index contributed by atoms with van der Waals surface area (Å²) >= 11 is 5.99. The molecule has 1 aromatic rings. The first-order valence-corrected chi connectivity index (χ1v) is 4.50. The molecular weight excluding hydrogens is 186 g/mol. The minimum Gasteiger partial charge on any atom is -0.211 e. The molecule has 13 heavy (non-hydrogen) atoms. The average Bonchev–Trinajstić information content (AvgIpc) is 2.87. The molecule has 0 radical (unpaired) electrons. The van der Waals surface area contributed by atoms with Crippen molar-refractivity contribution in [3.8, 4) is 0 Å². The molecule has 1 aromatic carbocycles. The van der Waals surface area contributed by atoms with E-state index in [1.807, 2.05) is 24.3 Å². The van der Waals surface area contributed by atoms with Crippen molar-refractivity contribution in [3.63, 3.8) is 0 Å². The number of aliphatic imine (C=N–C) groups is 1. The van der Waals surface area contributed by atoms with Gasteiger partial charge < -0.3 is 0 Å². The standard InChI is InChI=1S/C10H8ClNO/c11-9-4-2-1-3-8(9)10(5-6-10)12-7-13/h1-4H,5-6H2. The highest BCUT2D eigenvalue weighted by molar-refractivity contribution is 6.31. The predicted octanol–water partition coefficient (Wildman–Crippen LogP) is 2.66. The summed E-state index contributed by atoms with van der Waals surface area (Å²) in [5, 5.41) is 0.680. The summed E-state index contributed by atoms with van der Waals surface area (Å²) in [6.45, 7) is 0. The smallest absolute Gasteiger partial charge is 0.211 e. The van der Waals surface area contributed by atoms with Crippen molar-refractivity contribution in [3.05, 3.63) is 34.9 Å². The first-order chi connectivity index (χ1) is 6.28. The zero-order valence-electron chi connectivity index (χ0n) is 6.96. The van der Waals surface area contributed by atoms with E-state index in [-0.39, 0.29) is 5.54 Å². The topological polar surface area (TPSA) is 29.4 Å². The third-order valence-electron chi connectivity index (χ3n) is 2.36. The fourth-order valence-corrected chi connectivity index (χ4v) is 1.80. The van der Waals surface area contributed by atoms with Crippen molar-refractivity contribution >= 4 is 17.7 Å². The fraction of sp³-hybridized carbons (Fsp3) is 0.300. The van der Waals surface area contributed by atoms with Crippen LogP contribution in [0.25, 0.3) is 0 Å². The maximum absolute atomic E-state index is 10.2. The van der Waals surface area contributed by atoms with Crippen LogP contribution < -0.4 is 0 Å². The second-order valence-electron chi connectivity index (χ2n) is 3.21. The highest BCUT2D eigenvalue weighted by atomic mass is 35.5. The largest absolute Gasteiger partial charge is 0.235 e. The second kappa shape index (κ2) is 2.99. The molecule has 0 aromatic heterocycles. The zero-order chi connectivity index (χ0) is 9.31. The van der Waals surface area contributed by atoms with Crippen molar-refractivity contribution in [1.82, 2.24) is 0 Å². The van der Waals surface area contributed by atoms with Gasteiger partial charge in [0.2, 0.25) is 6.08 Å². The van der Waals surface area contributed by atoms with Crippen molar-refractivity contribution in [2.45, 2.75) is 18.4 Å². The third kappa shape index (κ3) is 1.39. The summed E-state index contributed by atoms with van der Waals surface area (Å²) in [5.74, 6) is 0. The quantitative estimate of drug-likeness (QED) is 0.525. The van der Waals surface area contributed by atoms with E-state index in [0.717, 1.165) is 18.4 Å². The molecule has 0 heterocycles. The molecule has 1 aliphatic rings. The van der Waals surface area contributed by atoms with E-state index in [1.165, 1.54) is 0 Å². The van der Waals surface area contributed by atoms with Gasteiger partial charge in [-0.05, 0) is 24.5 Å². The van der Waals surface area contributed by atoms with E-state index in [1.54, 1.807) is 6.08 Å². The molecule has 0 unspecified atom stereocenters. The van der Waals surface area contributed by atoms with Crippen LogP contribution in [0.3, 0.4) is 0 Å². The molecule has 3 heteroatoms. The first-order valence-electron chi connectivity index (χ1n) is 4.12. The molecule has 2 nitrogen and oxygen atoms in total. The van der Waals surface area contributed by atoms with E-state index in [2.05, 4.69) is 4.99 Å². The fourth-order valence-electron chi connectivity index (χ4n) is 1.49. The lowest BCUT2D eigenvalue weighted by Crippen LogP contribution is -2.02. The first kappa shape index (κ1) is 8.49. The Bertz CT molecular complexity index is 378. The van der Waals surface area contributed by atoms with Gasteiger partial charge in [-0.3, -0.25) is 0 Å². The zero-order valence-corrected chi connectivity index (χ0v) is 7.71. The molecule has 0 atom stereocenters. The summed E-state index contributed by atoms with van der Waals surface area (Å²) in [7, 11) is 0. The van der Waals surface area contributed by atoms with Gasteiger partial charge in [-0.2, -0.15) is 4.99 Å². The molecule has 0 saturated heterocycles. The van der Waals surface area contributed by atoms with Gasteiger partial charge >= 0.3 is 0 Å². The maximum Gasteiger partial charge on any atom is 0.235 e. The highest BCUT2D eigenvalue weighted by Crippen LogP contribution is 2.51. The Balaban J connectivity index is 2.46. The average molecular weight is 194 g/mol. The van der Waals surface area contributed by atoms with Crippen molar-refractivity contribution in [2.75, 3.05) is 0 Å². The number of isocyanates is 1. The molecular formula is C10H8ClNO. The van der Waals surface area contributed by atoms with Crippen molar-refractivity contribution in [1.29, 1.82) is 0 Å². The normalized spacial score (nSPS) is 17.6. The number of nitrogens with zero attached hydrogens (tertiary/aromatic N) is 1. The van der Waals surface area contributed by atoms with Gasteiger partial charge in [0.15, 0.2) is 0 Å². The van der Waals surface area contributed by atoms with Crippen LogP contribution in [0.2, 0.25) is 5.02 Å². The Labute approximate surface area is 81.2 Å². The number of halogens is 1. The van der Waals surface area contributed by atoms with Crippen LogP contribution >= 0.6 is 11.6 Å². The van der Waals surface area contributed by atoms with E-state index >= 15 is 0 Å². The molecule has 0 N–H and O–H groups in total. The summed E-state index contributed by atoms with van der Waals surface area (Å²) in [5.41, 5.74) is 0.597. The minimum absolute atomic E-state index is 0.347. The number of hydrogen-bond donors (Lipinski definition) is 0. The summed E-state index contributed by atoms with van der Waals surface area (Å²) in [6.07, 6.45) is 3.40. The molecule has 0 bridgehead atoms. The summed E-state index contributed by atoms with van der Waals surface area (Å²) < 4.78 is 0. The lowest BCUT2D eigenvalue weighted by atomic mass is 10.1. The number of benzene rings is 1. The minimum atomic E-state index is -0.347. The van der Waals surface area contributed by atoms with Crippen LogP contribution in [0.15, 0.2) is 29.3 Å². The Kier molecular flexibility index (Phi) is 1.95. The highest BCUT2D eigenvalue weighted by Gasteiger charge is 2.45. The van der Waals surface area contributed by atoms with Gasteiger partial charge in [-0.1, -0.05) is 29.8 Å². The lowest BCUT2D eigenvalue weighted by Gasteiger charge is -2.09. The molecule has 1 fully saturated rings. The molecule has 0 aliphatic heterocycles. The van der Waals surface area contributed by atoms with E-state index in [9.17, 15) is 4.79 Å². The Morgan fingerprint density at radius 3 is 2.62 bits per heavy atom. The van der Waals surface area contributed by atoms with E-state index in [4.69, 9.17) is 11.6 Å². The van der Waals surface area contributed by atoms with Gasteiger partial charge in [0, 0.05) is 5.02 Å². The van der Waals surface area contributed by atoms with Crippen LogP contribution in [-0.4, -0.2) is 6.08 Å². The number of carbonyl (C=O) groups excluding carboxylic acids is 1. The SMILES string of the molecule is O=C=NC1(c2ccccc2Cl)CC1. The van der Waals surface area contributed by atoms with Crippen molar-refractivity contribution in [2.24, 2.45) is 4.99 Å². The molecule has 66 valence electrons.